The van der Waals surface area contributed by atoms with Crippen molar-refractivity contribution in [1.82, 2.24) is 4.90 Å². The molecule has 1 atom stereocenters. The maximum atomic E-state index is 6.13. The van der Waals surface area contributed by atoms with Crippen molar-refractivity contribution in [3.63, 3.8) is 0 Å². The normalized spacial score (nSPS) is 20.0. The Bertz CT molecular complexity index is 725. The molecule has 2 aromatic carbocycles. The lowest BCUT2D eigenvalue weighted by Crippen LogP contribution is -2.48. The minimum atomic E-state index is -0.188. The predicted molar refractivity (Wildman–Crippen MR) is 103 cm³/mol. The second-order valence-corrected chi connectivity index (χ2v) is 7.25. The molecule has 1 aliphatic heterocycles. The topological polar surface area (TPSA) is 50.8 Å². The first-order valence-electron chi connectivity index (χ1n) is 8.84. The summed E-state index contributed by atoms with van der Waals surface area (Å²) in [5.74, 6) is 2.04. The van der Waals surface area contributed by atoms with Gasteiger partial charge in [0.15, 0.2) is 5.96 Å². The molecule has 2 aromatic rings. The van der Waals surface area contributed by atoms with Gasteiger partial charge in [-0.15, -0.1) is 0 Å². The quantitative estimate of drug-likeness (QED) is 0.873. The van der Waals surface area contributed by atoms with Gasteiger partial charge in [-0.1, -0.05) is 56.3 Å². The van der Waals surface area contributed by atoms with Crippen molar-refractivity contribution in [2.24, 2.45) is 16.6 Å². The molecular formula is C21H27N3O. The van der Waals surface area contributed by atoms with Crippen LogP contribution >= 0.6 is 0 Å². The molecule has 0 saturated carbocycles. The highest BCUT2D eigenvalue weighted by Gasteiger charge is 2.39. The number of guanidine groups is 1. The molecule has 0 aliphatic carbocycles. The van der Waals surface area contributed by atoms with Gasteiger partial charge in [-0.25, -0.2) is 0 Å². The minimum absolute atomic E-state index is 0.188. The van der Waals surface area contributed by atoms with Crippen LogP contribution in [0.15, 0.2) is 59.6 Å². The lowest BCUT2D eigenvalue weighted by molar-refractivity contribution is 0.204. The number of benzene rings is 2. The zero-order valence-corrected chi connectivity index (χ0v) is 15.3. The van der Waals surface area contributed by atoms with E-state index in [0.717, 1.165) is 12.3 Å². The zero-order valence-electron chi connectivity index (χ0n) is 15.3. The summed E-state index contributed by atoms with van der Waals surface area (Å²) >= 11 is 0. The van der Waals surface area contributed by atoms with Gasteiger partial charge in [0.05, 0.1) is 12.1 Å². The Labute approximate surface area is 150 Å². The van der Waals surface area contributed by atoms with Crippen molar-refractivity contribution in [2.45, 2.75) is 32.9 Å². The molecule has 4 nitrogen and oxygen atoms in total. The van der Waals surface area contributed by atoms with E-state index in [0.29, 0.717) is 25.0 Å². The highest BCUT2D eigenvalue weighted by Crippen LogP contribution is 2.34. The van der Waals surface area contributed by atoms with Gasteiger partial charge in [-0.2, -0.15) is 0 Å². The Morgan fingerprint density at radius 2 is 1.80 bits per heavy atom. The summed E-state index contributed by atoms with van der Waals surface area (Å²) in [4.78, 5) is 6.71. The Morgan fingerprint density at radius 1 is 1.12 bits per heavy atom. The number of rotatable bonds is 6. The monoisotopic (exact) mass is 337 g/mol. The molecule has 2 N–H and O–H groups in total. The molecule has 0 bridgehead atoms. The molecule has 132 valence electrons. The molecule has 3 rings (SSSR count). The van der Waals surface area contributed by atoms with E-state index in [1.54, 1.807) is 0 Å². The van der Waals surface area contributed by atoms with E-state index in [2.05, 4.69) is 54.9 Å². The van der Waals surface area contributed by atoms with E-state index in [1.165, 1.54) is 11.1 Å². The molecule has 0 saturated heterocycles. The average molecular weight is 337 g/mol. The Hall–Kier alpha value is -2.49. The fourth-order valence-electron chi connectivity index (χ4n) is 3.22. The van der Waals surface area contributed by atoms with Gasteiger partial charge in [0.1, 0.15) is 12.4 Å². The van der Waals surface area contributed by atoms with E-state index < -0.39 is 0 Å². The second kappa shape index (κ2) is 7.18. The minimum Gasteiger partial charge on any atom is -0.489 e. The SMILES string of the molecule is CC(C)CN1C(N)=NCC1(C)c1ccc(OCc2ccccc2)cc1. The number of ether oxygens (including phenoxy) is 1. The van der Waals surface area contributed by atoms with Crippen molar-refractivity contribution in [1.29, 1.82) is 0 Å². The summed E-state index contributed by atoms with van der Waals surface area (Å²) in [6, 6.07) is 18.5. The third-order valence-corrected chi connectivity index (χ3v) is 4.69. The third kappa shape index (κ3) is 3.78. The van der Waals surface area contributed by atoms with Crippen LogP contribution in [0, 0.1) is 5.92 Å². The average Bonchev–Trinajstić information content (AvgIpc) is 2.90. The summed E-state index contributed by atoms with van der Waals surface area (Å²) in [6.07, 6.45) is 0. The molecule has 1 heterocycles. The van der Waals surface area contributed by atoms with E-state index in [-0.39, 0.29) is 5.54 Å². The van der Waals surface area contributed by atoms with Crippen LogP contribution in [-0.4, -0.2) is 23.9 Å². The van der Waals surface area contributed by atoms with Crippen LogP contribution in [0.25, 0.3) is 0 Å². The highest BCUT2D eigenvalue weighted by molar-refractivity contribution is 5.81. The van der Waals surface area contributed by atoms with E-state index in [9.17, 15) is 0 Å². The molecule has 0 spiro atoms. The second-order valence-electron chi connectivity index (χ2n) is 7.25. The highest BCUT2D eigenvalue weighted by atomic mass is 16.5. The van der Waals surface area contributed by atoms with Gasteiger partial charge >= 0.3 is 0 Å². The van der Waals surface area contributed by atoms with Crippen LogP contribution in [0.3, 0.4) is 0 Å². The van der Waals surface area contributed by atoms with Gasteiger partial charge in [-0.3, -0.25) is 4.99 Å². The number of hydrogen-bond acceptors (Lipinski definition) is 4. The molecule has 25 heavy (non-hydrogen) atoms. The fourth-order valence-corrected chi connectivity index (χ4v) is 3.22. The van der Waals surface area contributed by atoms with Crippen molar-refractivity contribution >= 4 is 5.96 Å². The van der Waals surface area contributed by atoms with Gasteiger partial charge in [0.25, 0.3) is 0 Å². The van der Waals surface area contributed by atoms with Gasteiger partial charge in [-0.05, 0) is 36.1 Å². The smallest absolute Gasteiger partial charge is 0.192 e. The molecule has 4 heteroatoms. The summed E-state index contributed by atoms with van der Waals surface area (Å²) in [5, 5.41) is 0. The Kier molecular flexibility index (Phi) is 4.98. The van der Waals surface area contributed by atoms with E-state index >= 15 is 0 Å². The Balaban J connectivity index is 1.71. The summed E-state index contributed by atoms with van der Waals surface area (Å²) in [5.41, 5.74) is 8.32. The van der Waals surface area contributed by atoms with Crippen molar-refractivity contribution in [3.05, 3.63) is 65.7 Å². The summed E-state index contributed by atoms with van der Waals surface area (Å²) in [6.45, 7) is 8.78. The molecule has 1 unspecified atom stereocenters. The third-order valence-electron chi connectivity index (χ3n) is 4.69. The van der Waals surface area contributed by atoms with Crippen LogP contribution in [0.1, 0.15) is 31.9 Å². The molecule has 1 aliphatic rings. The zero-order chi connectivity index (χ0) is 17.9. The van der Waals surface area contributed by atoms with Crippen LogP contribution in [0.5, 0.6) is 5.75 Å². The first kappa shape index (κ1) is 17.3. The van der Waals surface area contributed by atoms with Gasteiger partial charge < -0.3 is 15.4 Å². The Morgan fingerprint density at radius 3 is 2.44 bits per heavy atom. The molecule has 0 aromatic heterocycles. The van der Waals surface area contributed by atoms with Crippen molar-refractivity contribution in [2.75, 3.05) is 13.1 Å². The standard InChI is InChI=1S/C21H27N3O/c1-16(2)13-24-20(22)23-15-21(24,3)18-9-11-19(12-10-18)25-14-17-7-5-4-6-8-17/h4-12,16H,13-15H2,1-3H3,(H2,22,23). The van der Waals surface area contributed by atoms with Crippen LogP contribution in [0.2, 0.25) is 0 Å². The molecule has 0 amide bonds. The fraction of sp³-hybridized carbons (Fsp3) is 0.381. The van der Waals surface area contributed by atoms with E-state index in [1.807, 2.05) is 30.3 Å². The van der Waals surface area contributed by atoms with Crippen LogP contribution in [-0.2, 0) is 12.1 Å². The van der Waals surface area contributed by atoms with Crippen molar-refractivity contribution in [3.8, 4) is 5.75 Å². The summed E-state index contributed by atoms with van der Waals surface area (Å²) < 4.78 is 5.89. The first-order chi connectivity index (χ1) is 12.0. The number of aliphatic imine (C=N–C) groups is 1. The van der Waals surface area contributed by atoms with Crippen LogP contribution in [0.4, 0.5) is 0 Å². The molecule has 0 radical (unpaired) electrons. The maximum Gasteiger partial charge on any atom is 0.192 e. The number of nitrogens with zero attached hydrogens (tertiary/aromatic N) is 2. The molecule has 0 fully saturated rings. The van der Waals surface area contributed by atoms with Gasteiger partial charge in [0.2, 0.25) is 0 Å². The predicted octanol–water partition coefficient (Wildman–Crippen LogP) is 3.77. The van der Waals surface area contributed by atoms with Crippen LogP contribution < -0.4 is 10.5 Å². The maximum absolute atomic E-state index is 6.13. The molecular weight excluding hydrogens is 310 g/mol. The lowest BCUT2D eigenvalue weighted by atomic mass is 9.90. The van der Waals surface area contributed by atoms with E-state index in [4.69, 9.17) is 10.5 Å². The first-order valence-corrected chi connectivity index (χ1v) is 8.84. The van der Waals surface area contributed by atoms with Crippen molar-refractivity contribution < 1.29 is 4.74 Å². The van der Waals surface area contributed by atoms with Gasteiger partial charge in [0, 0.05) is 6.54 Å². The lowest BCUT2D eigenvalue weighted by Gasteiger charge is -2.37. The number of nitrogens with two attached hydrogens (primary N) is 1. The largest absolute Gasteiger partial charge is 0.489 e. The summed E-state index contributed by atoms with van der Waals surface area (Å²) in [7, 11) is 0. The number of hydrogen-bond donors (Lipinski definition) is 1.